The Morgan fingerprint density at radius 1 is 0.442 bits per heavy atom. The molecule has 3 heterocycles. The van der Waals surface area contributed by atoms with Crippen LogP contribution < -0.4 is 0 Å². The summed E-state index contributed by atoms with van der Waals surface area (Å²) in [5.41, 5.74) is 13.3. The van der Waals surface area contributed by atoms with Crippen molar-refractivity contribution >= 4 is 43.7 Å². The lowest BCUT2D eigenvalue weighted by Crippen LogP contribution is -1.99. The standard InChI is InChI=1S/C48H29N3O/c49-30-35-16-11-21-45(51-43-19-9-7-17-37(43)38-18-8-10-20-44(38)51)48(35)34-23-25-47-40(27-34)39-26-33(22-24-46(39)52-47)42-29-36(31-12-3-1-4-13-31)28-41(50-42)32-14-5-2-6-15-32/h1-29H. The van der Waals surface area contributed by atoms with Gasteiger partial charge in [-0.25, -0.2) is 4.98 Å². The molecule has 0 bridgehead atoms. The van der Waals surface area contributed by atoms with Gasteiger partial charge in [-0.1, -0.05) is 109 Å². The van der Waals surface area contributed by atoms with Crippen LogP contribution in [0.4, 0.5) is 0 Å². The highest BCUT2D eigenvalue weighted by atomic mass is 16.3. The maximum atomic E-state index is 10.5. The first-order valence-corrected chi connectivity index (χ1v) is 17.4. The molecule has 0 fully saturated rings. The number of fused-ring (bicyclic) bond motifs is 6. The Hall–Kier alpha value is -7.22. The fourth-order valence-electron chi connectivity index (χ4n) is 7.63. The van der Waals surface area contributed by atoms with Crippen molar-refractivity contribution in [2.45, 2.75) is 0 Å². The minimum atomic E-state index is 0.613. The Bertz CT molecular complexity index is 2910. The predicted molar refractivity (Wildman–Crippen MR) is 212 cm³/mol. The molecule has 10 aromatic rings. The van der Waals surface area contributed by atoms with E-state index in [0.717, 1.165) is 83.4 Å². The second-order valence-electron chi connectivity index (χ2n) is 13.1. The molecule has 52 heavy (non-hydrogen) atoms. The van der Waals surface area contributed by atoms with E-state index in [1.807, 2.05) is 48.5 Å². The number of hydrogen-bond acceptors (Lipinski definition) is 3. The van der Waals surface area contributed by atoms with Gasteiger partial charge in [0.1, 0.15) is 11.2 Å². The number of pyridine rings is 1. The number of para-hydroxylation sites is 2. The summed E-state index contributed by atoms with van der Waals surface area (Å²) < 4.78 is 8.69. The number of aromatic nitrogens is 2. The molecule has 0 aliphatic carbocycles. The highest BCUT2D eigenvalue weighted by molar-refractivity contribution is 6.11. The third-order valence-electron chi connectivity index (χ3n) is 10.0. The number of nitriles is 1. The van der Waals surface area contributed by atoms with Crippen molar-refractivity contribution in [1.82, 2.24) is 9.55 Å². The van der Waals surface area contributed by atoms with Crippen molar-refractivity contribution in [3.8, 4) is 56.5 Å². The van der Waals surface area contributed by atoms with Crippen LogP contribution in [-0.4, -0.2) is 9.55 Å². The largest absolute Gasteiger partial charge is 0.456 e. The predicted octanol–water partition coefficient (Wildman–Crippen LogP) is 12.6. The van der Waals surface area contributed by atoms with E-state index in [2.05, 4.69) is 138 Å². The molecule has 0 radical (unpaired) electrons. The molecule has 4 heteroatoms. The summed E-state index contributed by atoms with van der Waals surface area (Å²) in [5, 5.41) is 14.8. The average Bonchev–Trinajstić information content (AvgIpc) is 3.76. The lowest BCUT2D eigenvalue weighted by Gasteiger charge is -2.15. The lowest BCUT2D eigenvalue weighted by molar-refractivity contribution is 0.669. The smallest absolute Gasteiger partial charge is 0.135 e. The molecule has 0 saturated carbocycles. The van der Waals surface area contributed by atoms with Gasteiger partial charge in [0.15, 0.2) is 0 Å². The molecule has 3 aromatic heterocycles. The Balaban J connectivity index is 1.17. The van der Waals surface area contributed by atoms with Crippen LogP contribution in [0.5, 0.6) is 0 Å². The minimum Gasteiger partial charge on any atom is -0.456 e. The molecule has 0 aliphatic rings. The molecular formula is C48H29N3O. The zero-order valence-corrected chi connectivity index (χ0v) is 28.0. The first kappa shape index (κ1) is 29.7. The molecule has 0 atom stereocenters. The fraction of sp³-hybridized carbons (Fsp3) is 0. The van der Waals surface area contributed by atoms with Gasteiger partial charge in [0.05, 0.1) is 39.7 Å². The van der Waals surface area contributed by atoms with E-state index in [4.69, 9.17) is 9.40 Å². The van der Waals surface area contributed by atoms with Crippen molar-refractivity contribution in [2.75, 3.05) is 0 Å². The summed E-state index contributed by atoms with van der Waals surface area (Å²) in [4.78, 5) is 5.18. The molecular weight excluding hydrogens is 635 g/mol. The fourth-order valence-corrected chi connectivity index (χ4v) is 7.63. The molecule has 10 rings (SSSR count). The highest BCUT2D eigenvalue weighted by Gasteiger charge is 2.19. The summed E-state index contributed by atoms with van der Waals surface area (Å²) in [6, 6.07) is 63.0. The lowest BCUT2D eigenvalue weighted by atomic mass is 9.95. The van der Waals surface area contributed by atoms with Crippen molar-refractivity contribution in [1.29, 1.82) is 5.26 Å². The van der Waals surface area contributed by atoms with Crippen LogP contribution in [0.3, 0.4) is 0 Å². The van der Waals surface area contributed by atoms with Crippen LogP contribution in [0.25, 0.3) is 94.2 Å². The molecule has 0 N–H and O–H groups in total. The van der Waals surface area contributed by atoms with Gasteiger partial charge in [-0.15, -0.1) is 0 Å². The zero-order valence-electron chi connectivity index (χ0n) is 28.0. The molecule has 0 saturated heterocycles. The third-order valence-corrected chi connectivity index (χ3v) is 10.0. The van der Waals surface area contributed by atoms with Crippen LogP contribution in [-0.2, 0) is 0 Å². The monoisotopic (exact) mass is 663 g/mol. The van der Waals surface area contributed by atoms with Gasteiger partial charge in [-0.3, -0.25) is 0 Å². The quantitative estimate of drug-likeness (QED) is 0.184. The normalized spacial score (nSPS) is 11.4. The van der Waals surface area contributed by atoms with E-state index in [9.17, 15) is 5.26 Å². The van der Waals surface area contributed by atoms with E-state index in [1.54, 1.807) is 0 Å². The number of rotatable bonds is 5. The van der Waals surface area contributed by atoms with Crippen molar-refractivity contribution in [3.63, 3.8) is 0 Å². The molecule has 4 nitrogen and oxygen atoms in total. The number of hydrogen-bond donors (Lipinski definition) is 0. The Morgan fingerprint density at radius 3 is 1.65 bits per heavy atom. The van der Waals surface area contributed by atoms with Crippen LogP contribution in [0.1, 0.15) is 5.56 Å². The van der Waals surface area contributed by atoms with Gasteiger partial charge in [0.25, 0.3) is 0 Å². The van der Waals surface area contributed by atoms with Gasteiger partial charge >= 0.3 is 0 Å². The van der Waals surface area contributed by atoms with E-state index in [0.29, 0.717) is 5.56 Å². The second kappa shape index (κ2) is 12.0. The second-order valence-corrected chi connectivity index (χ2v) is 13.1. The third kappa shape index (κ3) is 4.80. The summed E-state index contributed by atoms with van der Waals surface area (Å²) in [5.74, 6) is 0. The number of furan rings is 1. The van der Waals surface area contributed by atoms with Crippen LogP contribution in [0.2, 0.25) is 0 Å². The molecule has 0 amide bonds. The molecule has 0 spiro atoms. The summed E-state index contributed by atoms with van der Waals surface area (Å²) >= 11 is 0. The average molecular weight is 664 g/mol. The van der Waals surface area contributed by atoms with Gasteiger partial charge in [-0.05, 0) is 83.4 Å². The van der Waals surface area contributed by atoms with Crippen molar-refractivity contribution < 1.29 is 4.42 Å². The highest BCUT2D eigenvalue weighted by Crippen LogP contribution is 2.41. The number of nitrogens with zero attached hydrogens (tertiary/aromatic N) is 3. The van der Waals surface area contributed by atoms with Crippen molar-refractivity contribution in [2.24, 2.45) is 0 Å². The van der Waals surface area contributed by atoms with Gasteiger partial charge in [0, 0.05) is 38.2 Å². The van der Waals surface area contributed by atoms with Crippen molar-refractivity contribution in [3.05, 3.63) is 181 Å². The Labute approximate surface area is 300 Å². The maximum absolute atomic E-state index is 10.5. The minimum absolute atomic E-state index is 0.613. The SMILES string of the molecule is N#Cc1cccc(-n2c3ccccc3c3ccccc32)c1-c1ccc2oc3ccc(-c4cc(-c5ccccc5)cc(-c5ccccc5)n4)cc3c2c1. The summed E-state index contributed by atoms with van der Waals surface area (Å²) in [6.45, 7) is 0. The maximum Gasteiger partial charge on any atom is 0.135 e. The van der Waals surface area contributed by atoms with Crippen LogP contribution >= 0.6 is 0 Å². The zero-order chi connectivity index (χ0) is 34.6. The first-order chi connectivity index (χ1) is 25.7. The number of benzene rings is 7. The van der Waals surface area contributed by atoms with E-state index >= 15 is 0 Å². The van der Waals surface area contributed by atoms with Gasteiger partial charge in [-0.2, -0.15) is 5.26 Å². The Morgan fingerprint density at radius 2 is 1.00 bits per heavy atom. The van der Waals surface area contributed by atoms with Crippen LogP contribution in [0, 0.1) is 11.3 Å². The van der Waals surface area contributed by atoms with E-state index < -0.39 is 0 Å². The topological polar surface area (TPSA) is 54.8 Å². The Kier molecular flexibility index (Phi) is 6.84. The summed E-state index contributed by atoms with van der Waals surface area (Å²) in [6.07, 6.45) is 0. The van der Waals surface area contributed by atoms with E-state index in [-0.39, 0.29) is 0 Å². The summed E-state index contributed by atoms with van der Waals surface area (Å²) in [7, 11) is 0. The molecule has 7 aromatic carbocycles. The molecule has 0 aliphatic heterocycles. The molecule has 242 valence electrons. The van der Waals surface area contributed by atoms with Gasteiger partial charge < -0.3 is 8.98 Å². The molecule has 0 unspecified atom stereocenters. The first-order valence-electron chi connectivity index (χ1n) is 17.4. The van der Waals surface area contributed by atoms with E-state index in [1.165, 1.54) is 10.8 Å². The van der Waals surface area contributed by atoms with Crippen LogP contribution in [0.15, 0.2) is 180 Å². The van der Waals surface area contributed by atoms with Gasteiger partial charge in [0.2, 0.25) is 0 Å².